The lowest BCUT2D eigenvalue weighted by atomic mass is 9.99. The lowest BCUT2D eigenvalue weighted by Crippen LogP contribution is -2.30. The number of hydrogen-bond acceptors (Lipinski definition) is 1. The second kappa shape index (κ2) is 7.22. The summed E-state index contributed by atoms with van der Waals surface area (Å²) in [7, 11) is 2.03. The summed E-state index contributed by atoms with van der Waals surface area (Å²) in [6, 6.07) is 17.4. The zero-order chi connectivity index (χ0) is 13.7. The monoisotopic (exact) mass is 381 g/mol. The van der Waals surface area contributed by atoms with Crippen molar-refractivity contribution in [2.75, 3.05) is 7.05 Å². The van der Waals surface area contributed by atoms with Crippen LogP contribution in [0.25, 0.3) is 0 Å². The number of rotatable bonds is 5. The van der Waals surface area contributed by atoms with Crippen molar-refractivity contribution >= 4 is 31.9 Å². The van der Waals surface area contributed by atoms with E-state index in [4.69, 9.17) is 0 Å². The van der Waals surface area contributed by atoms with Gasteiger partial charge >= 0.3 is 0 Å². The third-order valence-electron chi connectivity index (χ3n) is 3.23. The average Bonchev–Trinajstić information content (AvgIpc) is 2.43. The molecular weight excluding hydrogens is 366 g/mol. The molecule has 3 heteroatoms. The molecule has 0 spiro atoms. The first-order valence-corrected chi connectivity index (χ1v) is 7.92. The van der Waals surface area contributed by atoms with E-state index in [-0.39, 0.29) is 0 Å². The number of likely N-dealkylation sites (N-methyl/N-ethyl adjacent to an activating group) is 1. The van der Waals surface area contributed by atoms with E-state index in [2.05, 4.69) is 85.7 Å². The highest BCUT2D eigenvalue weighted by atomic mass is 79.9. The molecule has 2 rings (SSSR count). The Labute approximate surface area is 131 Å². The Morgan fingerprint density at radius 3 is 2.26 bits per heavy atom. The molecular formula is C16H17Br2N. The van der Waals surface area contributed by atoms with Crippen molar-refractivity contribution in [1.82, 2.24) is 5.32 Å². The Hall–Kier alpha value is -0.640. The molecule has 0 aliphatic carbocycles. The number of hydrogen-bond donors (Lipinski definition) is 1. The van der Waals surface area contributed by atoms with Gasteiger partial charge in [-0.1, -0.05) is 62.2 Å². The summed E-state index contributed by atoms with van der Waals surface area (Å²) >= 11 is 7.09. The molecule has 0 fully saturated rings. The summed E-state index contributed by atoms with van der Waals surface area (Å²) < 4.78 is 2.31. The predicted molar refractivity (Wildman–Crippen MR) is 88.5 cm³/mol. The molecule has 0 aliphatic rings. The topological polar surface area (TPSA) is 12.0 Å². The summed E-state index contributed by atoms with van der Waals surface area (Å²) in [5.74, 6) is 0. The highest BCUT2D eigenvalue weighted by Gasteiger charge is 2.10. The van der Waals surface area contributed by atoms with Crippen molar-refractivity contribution in [3.05, 3.63) is 68.6 Å². The fourth-order valence-electron chi connectivity index (χ4n) is 2.11. The van der Waals surface area contributed by atoms with Crippen molar-refractivity contribution < 1.29 is 0 Å². The maximum atomic E-state index is 3.61. The van der Waals surface area contributed by atoms with E-state index < -0.39 is 0 Å². The summed E-state index contributed by atoms with van der Waals surface area (Å²) in [5.41, 5.74) is 2.70. The van der Waals surface area contributed by atoms with Crippen LogP contribution >= 0.6 is 31.9 Å². The van der Waals surface area contributed by atoms with Crippen LogP contribution in [0.4, 0.5) is 0 Å². The number of halogens is 2. The normalized spacial score (nSPS) is 12.4. The molecule has 2 aromatic carbocycles. The van der Waals surface area contributed by atoms with Crippen molar-refractivity contribution in [3.63, 3.8) is 0 Å². The molecule has 0 saturated carbocycles. The minimum Gasteiger partial charge on any atom is -0.316 e. The summed E-state index contributed by atoms with van der Waals surface area (Å²) in [6.45, 7) is 0. The van der Waals surface area contributed by atoms with E-state index >= 15 is 0 Å². The maximum absolute atomic E-state index is 3.61. The molecule has 1 atom stereocenters. The van der Waals surface area contributed by atoms with Crippen LogP contribution in [0.2, 0.25) is 0 Å². The zero-order valence-corrected chi connectivity index (χ0v) is 14.0. The molecule has 0 amide bonds. The van der Waals surface area contributed by atoms with Gasteiger partial charge in [0.15, 0.2) is 0 Å². The third-order valence-corrected chi connectivity index (χ3v) is 4.53. The molecule has 0 aromatic heterocycles. The Balaban J connectivity index is 2.05. The first-order valence-electron chi connectivity index (χ1n) is 6.34. The molecule has 0 heterocycles. The smallest absolute Gasteiger partial charge is 0.0207 e. The minimum absolute atomic E-state index is 0.444. The SMILES string of the molecule is CNC(Cc1ccc(Br)cc1)Cc1ccccc1Br. The first-order chi connectivity index (χ1) is 9.19. The second-order valence-corrected chi connectivity index (χ2v) is 6.38. The molecule has 1 N–H and O–H groups in total. The molecule has 1 nitrogen and oxygen atoms in total. The maximum Gasteiger partial charge on any atom is 0.0207 e. The van der Waals surface area contributed by atoms with Gasteiger partial charge in [-0.15, -0.1) is 0 Å². The van der Waals surface area contributed by atoms with Crippen molar-refractivity contribution in [1.29, 1.82) is 0 Å². The fourth-order valence-corrected chi connectivity index (χ4v) is 2.82. The van der Waals surface area contributed by atoms with Gasteiger partial charge in [-0.25, -0.2) is 0 Å². The van der Waals surface area contributed by atoms with Crippen molar-refractivity contribution in [3.8, 4) is 0 Å². The summed E-state index contributed by atoms with van der Waals surface area (Å²) in [5, 5.41) is 3.41. The van der Waals surface area contributed by atoms with Gasteiger partial charge in [0.2, 0.25) is 0 Å². The van der Waals surface area contributed by atoms with Gasteiger partial charge in [0, 0.05) is 15.0 Å². The summed E-state index contributed by atoms with van der Waals surface area (Å²) in [6.07, 6.45) is 2.05. The molecule has 0 radical (unpaired) electrons. The minimum atomic E-state index is 0.444. The predicted octanol–water partition coefficient (Wildman–Crippen LogP) is 4.58. The van der Waals surface area contributed by atoms with Crippen LogP contribution in [-0.2, 0) is 12.8 Å². The largest absolute Gasteiger partial charge is 0.316 e. The average molecular weight is 383 g/mol. The molecule has 0 saturated heterocycles. The second-order valence-electron chi connectivity index (χ2n) is 4.61. The van der Waals surface area contributed by atoms with Gasteiger partial charge in [-0.3, -0.25) is 0 Å². The Morgan fingerprint density at radius 1 is 0.947 bits per heavy atom. The lowest BCUT2D eigenvalue weighted by molar-refractivity contribution is 0.555. The van der Waals surface area contributed by atoms with Crippen LogP contribution in [0.5, 0.6) is 0 Å². The molecule has 2 aromatic rings. The summed E-state index contributed by atoms with van der Waals surface area (Å²) in [4.78, 5) is 0. The van der Waals surface area contributed by atoms with E-state index in [1.165, 1.54) is 15.6 Å². The van der Waals surface area contributed by atoms with E-state index in [0.29, 0.717) is 6.04 Å². The van der Waals surface area contributed by atoms with Gasteiger partial charge in [-0.2, -0.15) is 0 Å². The lowest BCUT2D eigenvalue weighted by Gasteiger charge is -2.17. The van der Waals surface area contributed by atoms with Gasteiger partial charge in [0.25, 0.3) is 0 Å². The van der Waals surface area contributed by atoms with E-state index in [1.807, 2.05) is 7.05 Å². The highest BCUT2D eigenvalue weighted by molar-refractivity contribution is 9.10. The number of nitrogens with one attached hydrogen (secondary N) is 1. The van der Waals surface area contributed by atoms with E-state index in [9.17, 15) is 0 Å². The van der Waals surface area contributed by atoms with Gasteiger partial charge in [0.1, 0.15) is 0 Å². The van der Waals surface area contributed by atoms with Crippen LogP contribution in [0.15, 0.2) is 57.5 Å². The van der Waals surface area contributed by atoms with E-state index in [1.54, 1.807) is 0 Å². The van der Waals surface area contributed by atoms with Crippen LogP contribution in [0.1, 0.15) is 11.1 Å². The van der Waals surface area contributed by atoms with Crippen LogP contribution in [0.3, 0.4) is 0 Å². The van der Waals surface area contributed by atoms with E-state index in [0.717, 1.165) is 17.3 Å². The third kappa shape index (κ3) is 4.44. The number of benzene rings is 2. The van der Waals surface area contributed by atoms with Crippen molar-refractivity contribution in [2.45, 2.75) is 18.9 Å². The quantitative estimate of drug-likeness (QED) is 0.797. The molecule has 1 unspecified atom stereocenters. The highest BCUT2D eigenvalue weighted by Crippen LogP contribution is 2.19. The standard InChI is InChI=1S/C16H17Br2N/c1-19-15(10-12-6-8-14(17)9-7-12)11-13-4-2-3-5-16(13)18/h2-9,15,19H,10-11H2,1H3. The van der Waals surface area contributed by atoms with Gasteiger partial charge in [0.05, 0.1) is 0 Å². The van der Waals surface area contributed by atoms with Gasteiger partial charge < -0.3 is 5.32 Å². The van der Waals surface area contributed by atoms with Crippen molar-refractivity contribution in [2.24, 2.45) is 0 Å². The Kier molecular flexibility index (Phi) is 5.61. The zero-order valence-electron chi connectivity index (χ0n) is 10.9. The van der Waals surface area contributed by atoms with Crippen LogP contribution in [0, 0.1) is 0 Å². The van der Waals surface area contributed by atoms with Crippen LogP contribution in [-0.4, -0.2) is 13.1 Å². The van der Waals surface area contributed by atoms with Crippen LogP contribution < -0.4 is 5.32 Å². The molecule has 19 heavy (non-hydrogen) atoms. The van der Waals surface area contributed by atoms with Gasteiger partial charge in [-0.05, 0) is 49.2 Å². The first kappa shape index (κ1) is 14.8. The fraction of sp³-hybridized carbons (Fsp3) is 0.250. The Bertz CT molecular complexity index is 523. The molecule has 0 aliphatic heterocycles. The molecule has 0 bridgehead atoms. The molecule has 100 valence electrons. The Morgan fingerprint density at radius 2 is 1.63 bits per heavy atom.